The molecule has 3 aliphatic rings. The molecule has 2 aliphatic carbocycles. The third-order valence-electron chi connectivity index (χ3n) is 8.59. The summed E-state index contributed by atoms with van der Waals surface area (Å²) >= 11 is 0. The van der Waals surface area contributed by atoms with Gasteiger partial charge in [0.15, 0.2) is 0 Å². The standard InChI is InChI=1S/C29H39NO3/c1-29(2)12-10-26(11-13-29)33-27-9-8-22-14-20(6-7-23(22)16-27)17-30-18-25(19-30)21-4-3-5-24(15-21)28(31)32/h6-9,14,16,21,24-26H,3-5,10-13,15,17-19H2,1-2H3,(H,31,32)/t21-,24+/m0/s1. The first-order valence-electron chi connectivity index (χ1n) is 13.0. The van der Waals surface area contributed by atoms with Crippen molar-refractivity contribution < 1.29 is 14.6 Å². The Balaban J connectivity index is 1.14. The number of benzene rings is 2. The minimum absolute atomic E-state index is 0.114. The predicted octanol–water partition coefficient (Wildman–Crippen LogP) is 6.51. The van der Waals surface area contributed by atoms with Gasteiger partial charge in [0.2, 0.25) is 0 Å². The maximum atomic E-state index is 11.4. The number of ether oxygens (including phenoxy) is 1. The summed E-state index contributed by atoms with van der Waals surface area (Å²) in [5.41, 5.74) is 1.82. The molecule has 0 amide bonds. The van der Waals surface area contributed by atoms with Crippen molar-refractivity contribution in [1.29, 1.82) is 0 Å². The largest absolute Gasteiger partial charge is 0.490 e. The second-order valence-corrected chi connectivity index (χ2v) is 11.7. The number of carbonyl (C=O) groups is 1. The van der Waals surface area contributed by atoms with Crippen LogP contribution in [0.2, 0.25) is 0 Å². The Bertz CT molecular complexity index is 984. The Morgan fingerprint density at radius 2 is 1.73 bits per heavy atom. The average molecular weight is 450 g/mol. The molecule has 0 radical (unpaired) electrons. The van der Waals surface area contributed by atoms with E-state index < -0.39 is 5.97 Å². The Labute approximate surface area is 198 Å². The summed E-state index contributed by atoms with van der Waals surface area (Å²) in [7, 11) is 0. The van der Waals surface area contributed by atoms with Crippen LogP contribution in [0.4, 0.5) is 0 Å². The van der Waals surface area contributed by atoms with Gasteiger partial charge in [-0.3, -0.25) is 9.69 Å². The van der Waals surface area contributed by atoms with Crippen LogP contribution in [0, 0.1) is 23.2 Å². The number of carboxylic acid groups (broad SMARTS) is 1. The van der Waals surface area contributed by atoms with Crippen LogP contribution >= 0.6 is 0 Å². The summed E-state index contributed by atoms with van der Waals surface area (Å²) < 4.78 is 6.32. The molecule has 2 aromatic rings. The van der Waals surface area contributed by atoms with Gasteiger partial charge >= 0.3 is 5.97 Å². The Hall–Kier alpha value is -2.07. The zero-order valence-corrected chi connectivity index (χ0v) is 20.3. The first-order chi connectivity index (χ1) is 15.8. The van der Waals surface area contributed by atoms with E-state index in [1.54, 1.807) is 0 Å². The van der Waals surface area contributed by atoms with Crippen molar-refractivity contribution in [3.63, 3.8) is 0 Å². The molecule has 2 saturated carbocycles. The lowest BCUT2D eigenvalue weighted by atomic mass is 9.72. The van der Waals surface area contributed by atoms with Crippen molar-refractivity contribution in [2.24, 2.45) is 23.2 Å². The van der Waals surface area contributed by atoms with Crippen LogP contribution in [0.3, 0.4) is 0 Å². The highest BCUT2D eigenvalue weighted by Crippen LogP contribution is 2.39. The molecule has 5 rings (SSSR count). The van der Waals surface area contributed by atoms with Gasteiger partial charge < -0.3 is 9.84 Å². The van der Waals surface area contributed by atoms with Gasteiger partial charge in [-0.15, -0.1) is 0 Å². The summed E-state index contributed by atoms with van der Waals surface area (Å²) in [6.07, 6.45) is 9.17. The quantitative estimate of drug-likeness (QED) is 0.546. The van der Waals surface area contributed by atoms with E-state index in [1.165, 1.54) is 35.6 Å². The van der Waals surface area contributed by atoms with E-state index >= 15 is 0 Å². The fourth-order valence-corrected chi connectivity index (χ4v) is 6.30. The minimum Gasteiger partial charge on any atom is -0.490 e. The van der Waals surface area contributed by atoms with Crippen LogP contribution < -0.4 is 4.74 Å². The van der Waals surface area contributed by atoms with Gasteiger partial charge in [-0.25, -0.2) is 0 Å². The molecule has 1 aliphatic heterocycles. The smallest absolute Gasteiger partial charge is 0.306 e. The Morgan fingerprint density at radius 1 is 1.00 bits per heavy atom. The lowest BCUT2D eigenvalue weighted by Gasteiger charge is -2.45. The molecule has 1 N–H and O–H groups in total. The highest BCUT2D eigenvalue weighted by atomic mass is 16.5. The first-order valence-corrected chi connectivity index (χ1v) is 13.0. The maximum Gasteiger partial charge on any atom is 0.306 e. The van der Waals surface area contributed by atoms with E-state index in [-0.39, 0.29) is 5.92 Å². The molecular formula is C29H39NO3. The zero-order valence-electron chi connectivity index (χ0n) is 20.3. The van der Waals surface area contributed by atoms with Crippen molar-refractivity contribution in [3.8, 4) is 5.75 Å². The monoisotopic (exact) mass is 449 g/mol. The summed E-state index contributed by atoms with van der Waals surface area (Å²) in [6.45, 7) is 7.93. The van der Waals surface area contributed by atoms with Crippen molar-refractivity contribution in [2.45, 2.75) is 77.9 Å². The molecule has 178 valence electrons. The second kappa shape index (κ2) is 9.29. The number of hydrogen-bond acceptors (Lipinski definition) is 3. The van der Waals surface area contributed by atoms with Gasteiger partial charge in [-0.2, -0.15) is 0 Å². The predicted molar refractivity (Wildman–Crippen MR) is 132 cm³/mol. The third kappa shape index (κ3) is 5.37. The fraction of sp³-hybridized carbons (Fsp3) is 0.621. The number of nitrogens with zero attached hydrogens (tertiary/aromatic N) is 1. The Kier molecular flexibility index (Phi) is 6.39. The van der Waals surface area contributed by atoms with E-state index in [4.69, 9.17) is 4.74 Å². The molecule has 3 fully saturated rings. The summed E-state index contributed by atoms with van der Waals surface area (Å²) in [4.78, 5) is 13.9. The van der Waals surface area contributed by atoms with Crippen LogP contribution in [0.5, 0.6) is 5.75 Å². The SMILES string of the molecule is CC1(C)CCC(Oc2ccc3cc(CN4CC([C@H]5CCC[C@@H](C(=O)O)C5)C4)ccc3c2)CC1. The van der Waals surface area contributed by atoms with Gasteiger partial charge in [0.05, 0.1) is 12.0 Å². The number of aliphatic carboxylic acids is 1. The van der Waals surface area contributed by atoms with Crippen LogP contribution in [-0.4, -0.2) is 35.2 Å². The molecule has 0 bridgehead atoms. The van der Waals surface area contributed by atoms with E-state index in [1.807, 2.05) is 0 Å². The maximum absolute atomic E-state index is 11.4. The van der Waals surface area contributed by atoms with Crippen LogP contribution in [-0.2, 0) is 11.3 Å². The van der Waals surface area contributed by atoms with Gasteiger partial charge in [0.1, 0.15) is 5.75 Å². The molecule has 4 heteroatoms. The summed E-state index contributed by atoms with van der Waals surface area (Å²) in [5.74, 6) is 1.57. The summed E-state index contributed by atoms with van der Waals surface area (Å²) in [5, 5.41) is 11.9. The lowest BCUT2D eigenvalue weighted by Crippen LogP contribution is -2.50. The number of hydrogen-bond donors (Lipinski definition) is 1. The van der Waals surface area contributed by atoms with Crippen LogP contribution in [0.1, 0.15) is 70.8 Å². The average Bonchev–Trinajstić information content (AvgIpc) is 2.77. The molecule has 1 saturated heterocycles. The van der Waals surface area contributed by atoms with Gasteiger partial charge in [0.25, 0.3) is 0 Å². The minimum atomic E-state index is -0.594. The van der Waals surface area contributed by atoms with Crippen LogP contribution in [0.15, 0.2) is 36.4 Å². The van der Waals surface area contributed by atoms with Gasteiger partial charge in [-0.1, -0.05) is 44.9 Å². The molecule has 0 spiro atoms. The van der Waals surface area contributed by atoms with E-state index in [2.05, 4.69) is 55.1 Å². The molecular weight excluding hydrogens is 410 g/mol. The van der Waals surface area contributed by atoms with Crippen LogP contribution in [0.25, 0.3) is 10.8 Å². The molecule has 0 aromatic heterocycles. The molecule has 33 heavy (non-hydrogen) atoms. The highest BCUT2D eigenvalue weighted by Gasteiger charge is 2.37. The van der Waals surface area contributed by atoms with Crippen molar-refractivity contribution in [1.82, 2.24) is 4.90 Å². The summed E-state index contributed by atoms with van der Waals surface area (Å²) in [6, 6.07) is 13.3. The lowest BCUT2D eigenvalue weighted by molar-refractivity contribution is -0.144. The number of likely N-dealkylation sites (tertiary alicyclic amines) is 1. The molecule has 0 unspecified atom stereocenters. The van der Waals surface area contributed by atoms with E-state index in [0.717, 1.165) is 57.5 Å². The number of rotatable bonds is 6. The van der Waals surface area contributed by atoms with Crippen molar-refractivity contribution >= 4 is 16.7 Å². The molecule has 2 aromatic carbocycles. The van der Waals surface area contributed by atoms with Crippen molar-refractivity contribution in [3.05, 3.63) is 42.0 Å². The highest BCUT2D eigenvalue weighted by molar-refractivity contribution is 5.84. The zero-order chi connectivity index (χ0) is 23.0. The second-order valence-electron chi connectivity index (χ2n) is 11.7. The first kappa shape index (κ1) is 22.7. The third-order valence-corrected chi connectivity index (χ3v) is 8.59. The number of fused-ring (bicyclic) bond motifs is 1. The fourth-order valence-electron chi connectivity index (χ4n) is 6.30. The normalized spacial score (nSPS) is 26.7. The Morgan fingerprint density at radius 3 is 2.48 bits per heavy atom. The molecule has 4 nitrogen and oxygen atoms in total. The number of carboxylic acids is 1. The van der Waals surface area contributed by atoms with E-state index in [9.17, 15) is 9.90 Å². The van der Waals surface area contributed by atoms with Crippen molar-refractivity contribution in [2.75, 3.05) is 13.1 Å². The molecule has 2 atom stereocenters. The van der Waals surface area contributed by atoms with Gasteiger partial charge in [0, 0.05) is 19.6 Å². The topological polar surface area (TPSA) is 49.8 Å². The van der Waals surface area contributed by atoms with Gasteiger partial charge in [-0.05, 0) is 90.3 Å². The van der Waals surface area contributed by atoms with E-state index in [0.29, 0.717) is 23.4 Å². The molecule has 1 heterocycles.